The standard InChI is InChI=1S/C25H41NO3/c1-2-3-4-5-6-7-8-9-10-11-12-13-14-18-21-23(25(28)29)26-24(27)22-19-16-15-17-20-22/h15-17,19-20,23H,2-14,18,21H2,1H3,(H,26,27)(H,28,29). The average molecular weight is 404 g/mol. The van der Waals surface area contributed by atoms with Crippen LogP contribution in [0.2, 0.25) is 0 Å². The molecule has 1 aromatic rings. The molecule has 0 saturated heterocycles. The van der Waals surface area contributed by atoms with Gasteiger partial charge in [0.25, 0.3) is 5.91 Å². The number of benzene rings is 1. The van der Waals surface area contributed by atoms with Crippen molar-refractivity contribution >= 4 is 11.9 Å². The highest BCUT2D eigenvalue weighted by molar-refractivity contribution is 5.96. The molecule has 0 aromatic heterocycles. The lowest BCUT2D eigenvalue weighted by atomic mass is 10.0. The van der Waals surface area contributed by atoms with E-state index in [-0.39, 0.29) is 5.91 Å². The smallest absolute Gasteiger partial charge is 0.326 e. The quantitative estimate of drug-likeness (QED) is 0.267. The van der Waals surface area contributed by atoms with Crippen LogP contribution in [0.25, 0.3) is 0 Å². The summed E-state index contributed by atoms with van der Waals surface area (Å²) in [7, 11) is 0. The van der Waals surface area contributed by atoms with Crippen molar-refractivity contribution in [3.63, 3.8) is 0 Å². The molecule has 0 aliphatic carbocycles. The third-order valence-electron chi connectivity index (χ3n) is 5.49. The van der Waals surface area contributed by atoms with E-state index in [1.165, 1.54) is 70.6 Å². The maximum absolute atomic E-state index is 12.1. The lowest BCUT2D eigenvalue weighted by Gasteiger charge is -2.14. The zero-order valence-electron chi connectivity index (χ0n) is 18.3. The van der Waals surface area contributed by atoms with Crippen molar-refractivity contribution in [3.8, 4) is 0 Å². The van der Waals surface area contributed by atoms with Crippen molar-refractivity contribution < 1.29 is 14.7 Å². The summed E-state index contributed by atoms with van der Waals surface area (Å²) in [6.07, 6.45) is 18.3. The third-order valence-corrected chi connectivity index (χ3v) is 5.49. The monoisotopic (exact) mass is 403 g/mol. The number of nitrogens with one attached hydrogen (secondary N) is 1. The fourth-order valence-electron chi connectivity index (χ4n) is 3.63. The third kappa shape index (κ3) is 13.1. The Morgan fingerprint density at radius 3 is 1.66 bits per heavy atom. The molecule has 2 N–H and O–H groups in total. The first-order valence-electron chi connectivity index (χ1n) is 11.7. The van der Waals surface area contributed by atoms with Crippen molar-refractivity contribution in [3.05, 3.63) is 35.9 Å². The Morgan fingerprint density at radius 2 is 1.21 bits per heavy atom. The summed E-state index contributed by atoms with van der Waals surface area (Å²) in [6, 6.07) is 7.97. The van der Waals surface area contributed by atoms with Crippen molar-refractivity contribution in [1.29, 1.82) is 0 Å². The van der Waals surface area contributed by atoms with Gasteiger partial charge < -0.3 is 10.4 Å². The summed E-state index contributed by atoms with van der Waals surface area (Å²) in [5.74, 6) is -1.27. The number of amides is 1. The van der Waals surface area contributed by atoms with Crippen molar-refractivity contribution in [2.45, 2.75) is 109 Å². The molecule has 0 spiro atoms. The summed E-state index contributed by atoms with van der Waals surface area (Å²) in [5.41, 5.74) is 0.500. The Morgan fingerprint density at radius 1 is 0.759 bits per heavy atom. The molecule has 4 heteroatoms. The summed E-state index contributed by atoms with van der Waals surface area (Å²) in [4.78, 5) is 23.5. The molecule has 4 nitrogen and oxygen atoms in total. The maximum atomic E-state index is 12.1. The fraction of sp³-hybridized carbons (Fsp3) is 0.680. The molecule has 0 saturated carbocycles. The molecule has 1 aromatic carbocycles. The zero-order chi connectivity index (χ0) is 21.2. The number of carbonyl (C=O) groups is 2. The molecule has 0 fully saturated rings. The van der Waals surface area contributed by atoms with Gasteiger partial charge in [0.2, 0.25) is 0 Å². The first kappa shape index (κ1) is 25.2. The minimum atomic E-state index is -0.955. The Kier molecular flexibility index (Phi) is 14.8. The van der Waals surface area contributed by atoms with Crippen LogP contribution in [0.4, 0.5) is 0 Å². The number of aliphatic carboxylic acids is 1. The average Bonchev–Trinajstić information content (AvgIpc) is 2.73. The van der Waals surface area contributed by atoms with Gasteiger partial charge in [-0.3, -0.25) is 4.79 Å². The van der Waals surface area contributed by atoms with E-state index >= 15 is 0 Å². The predicted octanol–water partition coefficient (Wildman–Crippen LogP) is 6.74. The highest BCUT2D eigenvalue weighted by atomic mass is 16.4. The summed E-state index contributed by atoms with van der Waals surface area (Å²) in [6.45, 7) is 2.26. The minimum Gasteiger partial charge on any atom is -0.480 e. The Hall–Kier alpha value is -1.84. The molecule has 164 valence electrons. The molecular weight excluding hydrogens is 362 g/mol. The number of rotatable bonds is 18. The predicted molar refractivity (Wildman–Crippen MR) is 120 cm³/mol. The number of hydrogen-bond acceptors (Lipinski definition) is 2. The second-order valence-electron chi connectivity index (χ2n) is 8.12. The number of carboxylic acid groups (broad SMARTS) is 1. The van der Waals surface area contributed by atoms with Crippen LogP contribution in [0.5, 0.6) is 0 Å². The van der Waals surface area contributed by atoms with Gasteiger partial charge in [-0.15, -0.1) is 0 Å². The number of unbranched alkanes of at least 4 members (excludes halogenated alkanes) is 13. The lowest BCUT2D eigenvalue weighted by molar-refractivity contribution is -0.139. The topological polar surface area (TPSA) is 66.4 Å². The van der Waals surface area contributed by atoms with Gasteiger partial charge in [0.05, 0.1) is 0 Å². The molecule has 29 heavy (non-hydrogen) atoms. The molecule has 0 radical (unpaired) electrons. The van der Waals surface area contributed by atoms with Crippen LogP contribution in [-0.4, -0.2) is 23.0 Å². The van der Waals surface area contributed by atoms with E-state index in [0.29, 0.717) is 12.0 Å². The van der Waals surface area contributed by atoms with E-state index in [1.54, 1.807) is 24.3 Å². The van der Waals surface area contributed by atoms with Crippen LogP contribution in [0, 0.1) is 0 Å². The molecule has 0 bridgehead atoms. The van der Waals surface area contributed by atoms with Gasteiger partial charge in [-0.1, -0.05) is 115 Å². The van der Waals surface area contributed by atoms with E-state index in [0.717, 1.165) is 19.3 Å². The number of hydrogen-bond donors (Lipinski definition) is 2. The molecule has 0 heterocycles. The van der Waals surface area contributed by atoms with Gasteiger partial charge in [0, 0.05) is 5.56 Å². The van der Waals surface area contributed by atoms with Crippen molar-refractivity contribution in [2.75, 3.05) is 0 Å². The minimum absolute atomic E-state index is 0.316. The number of carbonyl (C=O) groups excluding carboxylic acids is 1. The van der Waals surface area contributed by atoms with Gasteiger partial charge >= 0.3 is 5.97 Å². The van der Waals surface area contributed by atoms with Gasteiger partial charge in [0.15, 0.2) is 0 Å². The van der Waals surface area contributed by atoms with Crippen molar-refractivity contribution in [1.82, 2.24) is 5.32 Å². The highest BCUT2D eigenvalue weighted by Gasteiger charge is 2.19. The zero-order valence-corrected chi connectivity index (χ0v) is 18.3. The fourth-order valence-corrected chi connectivity index (χ4v) is 3.63. The SMILES string of the molecule is CCCCCCCCCCCCCCCCC(NC(=O)c1ccccc1)C(=O)O. The van der Waals surface area contributed by atoms with Gasteiger partial charge in [0.1, 0.15) is 6.04 Å². The van der Waals surface area contributed by atoms with Gasteiger partial charge in [-0.05, 0) is 18.6 Å². The molecule has 1 unspecified atom stereocenters. The van der Waals surface area contributed by atoms with Gasteiger partial charge in [-0.2, -0.15) is 0 Å². The normalized spacial score (nSPS) is 11.9. The van der Waals surface area contributed by atoms with E-state index in [2.05, 4.69) is 12.2 Å². The molecule has 1 rings (SSSR count). The molecular formula is C25H41NO3. The first-order valence-corrected chi connectivity index (χ1v) is 11.7. The molecule has 0 aliphatic rings. The van der Waals surface area contributed by atoms with E-state index in [9.17, 15) is 14.7 Å². The number of carboxylic acids is 1. The molecule has 1 amide bonds. The van der Waals surface area contributed by atoms with Crippen LogP contribution in [0.3, 0.4) is 0 Å². The van der Waals surface area contributed by atoms with Crippen LogP contribution in [0.1, 0.15) is 114 Å². The van der Waals surface area contributed by atoms with E-state index < -0.39 is 12.0 Å². The molecule has 1 atom stereocenters. The molecule has 0 aliphatic heterocycles. The van der Waals surface area contributed by atoms with Crippen LogP contribution in [0.15, 0.2) is 30.3 Å². The van der Waals surface area contributed by atoms with E-state index in [1.807, 2.05) is 6.07 Å². The largest absolute Gasteiger partial charge is 0.480 e. The van der Waals surface area contributed by atoms with Crippen molar-refractivity contribution in [2.24, 2.45) is 0 Å². The van der Waals surface area contributed by atoms with Gasteiger partial charge in [-0.25, -0.2) is 4.79 Å². The second kappa shape index (κ2) is 17.1. The Labute approximate surface area is 177 Å². The van der Waals surface area contributed by atoms with Crippen LogP contribution in [-0.2, 0) is 4.79 Å². The highest BCUT2D eigenvalue weighted by Crippen LogP contribution is 2.14. The summed E-state index contributed by atoms with van der Waals surface area (Å²) < 4.78 is 0. The Balaban J connectivity index is 2.00. The summed E-state index contributed by atoms with van der Waals surface area (Å²) >= 11 is 0. The van der Waals surface area contributed by atoms with Crippen LogP contribution < -0.4 is 5.32 Å². The lowest BCUT2D eigenvalue weighted by Crippen LogP contribution is -2.40. The van der Waals surface area contributed by atoms with E-state index in [4.69, 9.17) is 0 Å². The van der Waals surface area contributed by atoms with Crippen LogP contribution >= 0.6 is 0 Å². The first-order chi connectivity index (χ1) is 14.1. The Bertz CT molecular complexity index is 544. The second-order valence-corrected chi connectivity index (χ2v) is 8.12. The summed E-state index contributed by atoms with van der Waals surface area (Å²) in [5, 5.41) is 12.0. The maximum Gasteiger partial charge on any atom is 0.326 e.